The molecule has 3 rings (SSSR count). The standard InChI is InChI=1S/C18H16N2O4S/c1-11-6-8-12(9-7-11)17(23)19-18-20(10-15(21)22)16-13(24-2)4-3-5-14(16)25-18/h3-9H,10H2,1-2H3,(H,21,22). The predicted molar refractivity (Wildman–Crippen MR) is 95.1 cm³/mol. The van der Waals surface area contributed by atoms with Gasteiger partial charge in [0, 0.05) is 5.56 Å². The van der Waals surface area contributed by atoms with Gasteiger partial charge in [-0.2, -0.15) is 4.99 Å². The third-order valence-electron chi connectivity index (χ3n) is 3.67. The molecule has 1 heterocycles. The number of carboxylic acid groups (broad SMARTS) is 1. The van der Waals surface area contributed by atoms with E-state index in [4.69, 9.17) is 4.74 Å². The third kappa shape index (κ3) is 3.46. The second-order valence-corrected chi connectivity index (χ2v) is 6.46. The highest BCUT2D eigenvalue weighted by Crippen LogP contribution is 2.27. The van der Waals surface area contributed by atoms with Crippen molar-refractivity contribution in [3.8, 4) is 5.75 Å². The maximum atomic E-state index is 12.4. The lowest BCUT2D eigenvalue weighted by Crippen LogP contribution is -2.21. The van der Waals surface area contributed by atoms with Gasteiger partial charge in [0.05, 0.1) is 11.8 Å². The molecule has 6 nitrogen and oxygen atoms in total. The Morgan fingerprint density at radius 1 is 1.20 bits per heavy atom. The number of aryl methyl sites for hydroxylation is 1. The Balaban J connectivity index is 2.19. The van der Waals surface area contributed by atoms with Gasteiger partial charge < -0.3 is 14.4 Å². The van der Waals surface area contributed by atoms with Crippen LogP contribution in [-0.2, 0) is 11.3 Å². The molecule has 0 bridgehead atoms. The van der Waals surface area contributed by atoms with Gasteiger partial charge in [-0.05, 0) is 31.2 Å². The molecule has 3 aromatic rings. The van der Waals surface area contributed by atoms with Crippen molar-refractivity contribution < 1.29 is 19.4 Å². The fourth-order valence-electron chi connectivity index (χ4n) is 2.48. The van der Waals surface area contributed by atoms with Crippen LogP contribution in [0, 0.1) is 6.92 Å². The normalized spacial score (nSPS) is 11.7. The molecule has 0 aliphatic heterocycles. The number of carbonyl (C=O) groups is 2. The number of carboxylic acids is 1. The van der Waals surface area contributed by atoms with Crippen LogP contribution in [0.5, 0.6) is 5.75 Å². The molecule has 7 heteroatoms. The number of para-hydroxylation sites is 1. The zero-order valence-electron chi connectivity index (χ0n) is 13.7. The maximum absolute atomic E-state index is 12.4. The van der Waals surface area contributed by atoms with Crippen LogP contribution in [0.15, 0.2) is 47.5 Å². The zero-order chi connectivity index (χ0) is 18.0. The lowest BCUT2D eigenvalue weighted by atomic mass is 10.1. The number of rotatable bonds is 4. The number of aliphatic carboxylic acids is 1. The van der Waals surface area contributed by atoms with E-state index in [2.05, 4.69) is 4.99 Å². The summed E-state index contributed by atoms with van der Waals surface area (Å²) >= 11 is 1.25. The number of methoxy groups -OCH3 is 1. The van der Waals surface area contributed by atoms with E-state index < -0.39 is 11.9 Å². The fourth-order valence-corrected chi connectivity index (χ4v) is 3.52. The smallest absolute Gasteiger partial charge is 0.323 e. The Morgan fingerprint density at radius 2 is 1.92 bits per heavy atom. The maximum Gasteiger partial charge on any atom is 0.323 e. The average Bonchev–Trinajstić information content (AvgIpc) is 2.92. The van der Waals surface area contributed by atoms with Gasteiger partial charge in [0.15, 0.2) is 4.80 Å². The highest BCUT2D eigenvalue weighted by Gasteiger charge is 2.15. The van der Waals surface area contributed by atoms with Crippen LogP contribution in [0.3, 0.4) is 0 Å². The summed E-state index contributed by atoms with van der Waals surface area (Å²) in [5.74, 6) is -0.890. The van der Waals surface area contributed by atoms with E-state index in [9.17, 15) is 14.7 Å². The minimum atomic E-state index is -1.02. The van der Waals surface area contributed by atoms with E-state index in [1.807, 2.05) is 31.2 Å². The Bertz CT molecular complexity index is 1020. The molecule has 0 saturated carbocycles. The van der Waals surface area contributed by atoms with Gasteiger partial charge in [-0.25, -0.2) is 0 Å². The van der Waals surface area contributed by atoms with Crippen LogP contribution in [0.4, 0.5) is 0 Å². The van der Waals surface area contributed by atoms with Gasteiger partial charge in [-0.3, -0.25) is 9.59 Å². The molecular formula is C18H16N2O4S. The minimum absolute atomic E-state index is 0.305. The summed E-state index contributed by atoms with van der Waals surface area (Å²) in [5.41, 5.74) is 2.12. The number of carbonyl (C=O) groups excluding carboxylic acids is 1. The molecular weight excluding hydrogens is 340 g/mol. The number of hydrogen-bond acceptors (Lipinski definition) is 4. The van der Waals surface area contributed by atoms with Crippen molar-refractivity contribution in [3.05, 3.63) is 58.4 Å². The first-order chi connectivity index (χ1) is 12.0. The molecule has 0 aliphatic carbocycles. The predicted octanol–water partition coefficient (Wildman–Crippen LogP) is 2.85. The van der Waals surface area contributed by atoms with E-state index in [0.29, 0.717) is 21.6 Å². The van der Waals surface area contributed by atoms with E-state index in [0.717, 1.165) is 10.3 Å². The topological polar surface area (TPSA) is 80.9 Å². The largest absolute Gasteiger partial charge is 0.495 e. The molecule has 0 aliphatic rings. The van der Waals surface area contributed by atoms with Gasteiger partial charge in [0.1, 0.15) is 17.8 Å². The SMILES string of the molecule is COc1cccc2sc(=NC(=O)c3ccc(C)cc3)n(CC(=O)O)c12. The number of amides is 1. The number of ether oxygens (including phenoxy) is 1. The first-order valence-electron chi connectivity index (χ1n) is 7.53. The fraction of sp³-hybridized carbons (Fsp3) is 0.167. The van der Waals surface area contributed by atoms with Gasteiger partial charge >= 0.3 is 5.97 Å². The van der Waals surface area contributed by atoms with Gasteiger partial charge in [0.2, 0.25) is 0 Å². The zero-order valence-corrected chi connectivity index (χ0v) is 14.5. The molecule has 0 unspecified atom stereocenters. The highest BCUT2D eigenvalue weighted by molar-refractivity contribution is 7.16. The van der Waals surface area contributed by atoms with Gasteiger partial charge in [0.25, 0.3) is 5.91 Å². The van der Waals surface area contributed by atoms with Crippen molar-refractivity contribution in [2.75, 3.05) is 7.11 Å². The van der Waals surface area contributed by atoms with Crippen LogP contribution in [-0.4, -0.2) is 28.7 Å². The highest BCUT2D eigenvalue weighted by atomic mass is 32.1. The number of nitrogens with zero attached hydrogens (tertiary/aromatic N) is 2. The van der Waals surface area contributed by atoms with Gasteiger partial charge in [-0.1, -0.05) is 35.1 Å². The number of thiazole rings is 1. The van der Waals surface area contributed by atoms with E-state index in [-0.39, 0.29) is 6.54 Å². The average molecular weight is 356 g/mol. The molecule has 0 fully saturated rings. The van der Waals surface area contributed by atoms with Crippen molar-refractivity contribution in [1.29, 1.82) is 0 Å². The Kier molecular flexibility index (Phi) is 4.67. The van der Waals surface area contributed by atoms with Crippen molar-refractivity contribution in [1.82, 2.24) is 4.57 Å². The second-order valence-electron chi connectivity index (χ2n) is 5.45. The van der Waals surface area contributed by atoms with Crippen molar-refractivity contribution in [2.24, 2.45) is 4.99 Å². The summed E-state index contributed by atoms with van der Waals surface area (Å²) in [7, 11) is 1.52. The Labute approximate surface area is 147 Å². The molecule has 0 saturated heterocycles. The molecule has 1 aromatic heterocycles. The van der Waals surface area contributed by atoms with Gasteiger partial charge in [-0.15, -0.1) is 0 Å². The van der Waals surface area contributed by atoms with E-state index >= 15 is 0 Å². The second kappa shape index (κ2) is 6.90. The van der Waals surface area contributed by atoms with Crippen LogP contribution < -0.4 is 9.54 Å². The van der Waals surface area contributed by atoms with Crippen molar-refractivity contribution in [3.63, 3.8) is 0 Å². The summed E-state index contributed by atoms with van der Waals surface area (Å²) in [5, 5.41) is 9.23. The molecule has 128 valence electrons. The third-order valence-corrected chi connectivity index (χ3v) is 4.72. The number of benzene rings is 2. The molecule has 25 heavy (non-hydrogen) atoms. The number of hydrogen-bond donors (Lipinski definition) is 1. The van der Waals surface area contributed by atoms with Crippen molar-refractivity contribution in [2.45, 2.75) is 13.5 Å². The van der Waals surface area contributed by atoms with E-state index in [1.165, 1.54) is 23.0 Å². The summed E-state index contributed by atoms with van der Waals surface area (Å²) in [6.45, 7) is 1.63. The molecule has 0 spiro atoms. The van der Waals surface area contributed by atoms with Crippen molar-refractivity contribution >= 4 is 33.4 Å². The number of aromatic nitrogens is 1. The monoisotopic (exact) mass is 356 g/mol. The molecule has 0 radical (unpaired) electrons. The molecule has 0 atom stereocenters. The summed E-state index contributed by atoms with van der Waals surface area (Å²) in [6, 6.07) is 12.5. The van der Waals surface area contributed by atoms with Crippen LogP contribution in [0.2, 0.25) is 0 Å². The summed E-state index contributed by atoms with van der Waals surface area (Å²) in [4.78, 5) is 28.2. The molecule has 1 amide bonds. The molecule has 1 N–H and O–H groups in total. The Hall–Kier alpha value is -2.93. The minimum Gasteiger partial charge on any atom is -0.495 e. The van der Waals surface area contributed by atoms with Crippen LogP contribution >= 0.6 is 11.3 Å². The molecule has 2 aromatic carbocycles. The first kappa shape index (κ1) is 16.9. The summed E-state index contributed by atoms with van der Waals surface area (Å²) in [6.07, 6.45) is 0. The van der Waals surface area contributed by atoms with Crippen LogP contribution in [0.25, 0.3) is 10.2 Å². The summed E-state index contributed by atoms with van der Waals surface area (Å²) < 4.78 is 7.63. The van der Waals surface area contributed by atoms with Crippen LogP contribution in [0.1, 0.15) is 15.9 Å². The number of fused-ring (bicyclic) bond motifs is 1. The Morgan fingerprint density at radius 3 is 2.56 bits per heavy atom. The van der Waals surface area contributed by atoms with E-state index in [1.54, 1.807) is 18.2 Å². The lowest BCUT2D eigenvalue weighted by Gasteiger charge is -2.06. The lowest BCUT2D eigenvalue weighted by molar-refractivity contribution is -0.137. The first-order valence-corrected chi connectivity index (χ1v) is 8.35. The quantitative estimate of drug-likeness (QED) is 0.779.